The molecular weight excluding hydrogens is 384 g/mol. The monoisotopic (exact) mass is 414 g/mol. The molecule has 3 aromatic carbocycles. The molecule has 160 valence electrons. The van der Waals surface area contributed by atoms with Crippen molar-refractivity contribution in [2.24, 2.45) is 0 Å². The van der Waals surface area contributed by atoms with Gasteiger partial charge >= 0.3 is 0 Å². The molecule has 4 rings (SSSR count). The van der Waals surface area contributed by atoms with Crippen LogP contribution in [0.5, 0.6) is 5.75 Å². The molecule has 2 atom stereocenters. The predicted octanol–water partition coefficient (Wildman–Crippen LogP) is 5.17. The van der Waals surface area contributed by atoms with Crippen LogP contribution in [0.2, 0.25) is 0 Å². The molecule has 0 saturated heterocycles. The second-order valence-corrected chi connectivity index (χ2v) is 7.84. The highest BCUT2D eigenvalue weighted by Gasteiger charge is 2.24. The number of benzene rings is 3. The zero-order chi connectivity index (χ0) is 21.5. The molecule has 0 bridgehead atoms. The number of hydrogen-bond donors (Lipinski definition) is 2. The van der Waals surface area contributed by atoms with E-state index in [1.807, 2.05) is 42.5 Å². The van der Waals surface area contributed by atoms with Gasteiger partial charge < -0.3 is 19.7 Å². The van der Waals surface area contributed by atoms with Gasteiger partial charge in [0.15, 0.2) is 0 Å². The Balaban J connectivity index is 1.59. The molecule has 0 radical (unpaired) electrons. The van der Waals surface area contributed by atoms with Gasteiger partial charge in [-0.1, -0.05) is 67.6 Å². The minimum atomic E-state index is -0.543. The molecule has 0 aliphatic heterocycles. The topological polar surface area (TPSA) is 46.4 Å². The van der Waals surface area contributed by atoms with Gasteiger partial charge in [-0.25, -0.2) is 0 Å². The number of nitrogens with zero attached hydrogens (tertiary/aromatic N) is 1. The van der Waals surface area contributed by atoms with Gasteiger partial charge in [0, 0.05) is 23.6 Å². The van der Waals surface area contributed by atoms with Crippen LogP contribution in [-0.2, 0) is 6.61 Å². The van der Waals surface area contributed by atoms with E-state index in [1.165, 1.54) is 0 Å². The zero-order valence-corrected chi connectivity index (χ0v) is 17.9. The van der Waals surface area contributed by atoms with Crippen molar-refractivity contribution in [1.82, 2.24) is 9.88 Å². The third-order valence-electron chi connectivity index (χ3n) is 5.53. The highest BCUT2D eigenvalue weighted by molar-refractivity contribution is 5.82. The Morgan fingerprint density at radius 2 is 1.68 bits per heavy atom. The van der Waals surface area contributed by atoms with E-state index in [9.17, 15) is 5.11 Å². The number of aliphatic hydroxyl groups is 1. The van der Waals surface area contributed by atoms with Gasteiger partial charge in [-0.2, -0.15) is 0 Å². The minimum absolute atomic E-state index is 0.167. The summed E-state index contributed by atoms with van der Waals surface area (Å²) in [5, 5.41) is 15.5. The van der Waals surface area contributed by atoms with Crippen LogP contribution in [0, 0.1) is 0 Å². The minimum Gasteiger partial charge on any atom is -0.489 e. The van der Waals surface area contributed by atoms with Crippen molar-refractivity contribution >= 4 is 10.9 Å². The van der Waals surface area contributed by atoms with E-state index >= 15 is 0 Å². The third kappa shape index (κ3) is 5.16. The first-order valence-electron chi connectivity index (χ1n) is 11.0. The predicted molar refractivity (Wildman–Crippen MR) is 126 cm³/mol. The maximum atomic E-state index is 11.1. The van der Waals surface area contributed by atoms with E-state index in [1.54, 1.807) is 0 Å². The standard InChI is InChI=1S/C27H30N2O2/c1-2-16-28-19-26(30)27(22-11-7-4-8-12-22)29-17-15-23-18-24(13-14-25(23)29)31-20-21-9-5-3-6-10-21/h3-15,17-18,26-28,30H,2,16,19-20H2,1H3/t26-,27+/m1/s1. The summed E-state index contributed by atoms with van der Waals surface area (Å²) in [4.78, 5) is 0. The van der Waals surface area contributed by atoms with Crippen molar-refractivity contribution in [3.8, 4) is 5.75 Å². The number of hydrogen-bond acceptors (Lipinski definition) is 3. The molecule has 1 heterocycles. The summed E-state index contributed by atoms with van der Waals surface area (Å²) in [6, 6.07) is 28.5. The lowest BCUT2D eigenvalue weighted by atomic mass is 10.0. The quantitative estimate of drug-likeness (QED) is 0.352. The lowest BCUT2D eigenvalue weighted by molar-refractivity contribution is 0.130. The molecule has 4 heteroatoms. The van der Waals surface area contributed by atoms with E-state index in [0.717, 1.165) is 40.7 Å². The highest BCUT2D eigenvalue weighted by atomic mass is 16.5. The van der Waals surface area contributed by atoms with Crippen molar-refractivity contribution in [3.63, 3.8) is 0 Å². The molecular formula is C27H30N2O2. The van der Waals surface area contributed by atoms with Gasteiger partial charge in [0.2, 0.25) is 0 Å². The summed E-state index contributed by atoms with van der Waals surface area (Å²) in [6.45, 7) is 4.12. The van der Waals surface area contributed by atoms with E-state index in [2.05, 4.69) is 65.5 Å². The first-order valence-corrected chi connectivity index (χ1v) is 11.0. The Labute approximate surface area is 184 Å². The summed E-state index contributed by atoms with van der Waals surface area (Å²) in [7, 11) is 0. The molecule has 2 N–H and O–H groups in total. The SMILES string of the molecule is CCCNC[C@@H](O)[C@H](c1ccccc1)n1ccc2cc(OCc3ccccc3)ccc21. The van der Waals surface area contributed by atoms with E-state index in [0.29, 0.717) is 13.2 Å². The first-order chi connectivity index (χ1) is 15.3. The van der Waals surface area contributed by atoms with Crippen molar-refractivity contribution in [2.45, 2.75) is 32.1 Å². The number of ether oxygens (including phenoxy) is 1. The van der Waals surface area contributed by atoms with Gasteiger partial charge in [0.25, 0.3) is 0 Å². The Hall–Kier alpha value is -3.08. The molecule has 1 aromatic heterocycles. The molecule has 0 unspecified atom stereocenters. The van der Waals surface area contributed by atoms with Crippen LogP contribution in [0.1, 0.15) is 30.5 Å². The van der Waals surface area contributed by atoms with Gasteiger partial charge in [-0.15, -0.1) is 0 Å². The van der Waals surface area contributed by atoms with Crippen molar-refractivity contribution < 1.29 is 9.84 Å². The van der Waals surface area contributed by atoms with Gasteiger partial charge in [-0.3, -0.25) is 0 Å². The normalized spacial score (nSPS) is 13.2. The lowest BCUT2D eigenvalue weighted by Gasteiger charge is -2.26. The number of rotatable bonds is 10. The Bertz CT molecular complexity index is 1080. The molecule has 0 saturated carbocycles. The fraction of sp³-hybridized carbons (Fsp3) is 0.259. The van der Waals surface area contributed by atoms with Crippen LogP contribution in [0.15, 0.2) is 91.1 Å². The Kier molecular flexibility index (Phi) is 7.03. The maximum Gasteiger partial charge on any atom is 0.120 e. The van der Waals surface area contributed by atoms with Crippen molar-refractivity contribution in [1.29, 1.82) is 0 Å². The second kappa shape index (κ2) is 10.3. The molecule has 0 aliphatic rings. The number of fused-ring (bicyclic) bond motifs is 1. The number of aromatic nitrogens is 1. The largest absolute Gasteiger partial charge is 0.489 e. The summed E-state index contributed by atoms with van der Waals surface area (Å²) < 4.78 is 8.17. The van der Waals surface area contributed by atoms with Crippen LogP contribution in [0.3, 0.4) is 0 Å². The van der Waals surface area contributed by atoms with E-state index in [-0.39, 0.29) is 6.04 Å². The second-order valence-electron chi connectivity index (χ2n) is 7.84. The molecule has 31 heavy (non-hydrogen) atoms. The summed E-state index contributed by atoms with van der Waals surface area (Å²) in [5.41, 5.74) is 3.32. The average Bonchev–Trinajstić information content (AvgIpc) is 3.22. The molecule has 0 aliphatic carbocycles. The Morgan fingerprint density at radius 3 is 2.42 bits per heavy atom. The molecule has 4 aromatic rings. The number of aliphatic hydroxyl groups excluding tert-OH is 1. The van der Waals surface area contributed by atoms with Crippen LogP contribution < -0.4 is 10.1 Å². The zero-order valence-electron chi connectivity index (χ0n) is 17.9. The van der Waals surface area contributed by atoms with Crippen molar-refractivity contribution in [2.75, 3.05) is 13.1 Å². The third-order valence-corrected chi connectivity index (χ3v) is 5.53. The first kappa shape index (κ1) is 21.2. The van der Waals surface area contributed by atoms with Crippen LogP contribution in [0.4, 0.5) is 0 Å². The maximum absolute atomic E-state index is 11.1. The van der Waals surface area contributed by atoms with Gasteiger partial charge in [-0.05, 0) is 48.4 Å². The molecule has 0 amide bonds. The Morgan fingerprint density at radius 1 is 0.935 bits per heavy atom. The van der Waals surface area contributed by atoms with Gasteiger partial charge in [0.1, 0.15) is 12.4 Å². The summed E-state index contributed by atoms with van der Waals surface area (Å²) in [6.07, 6.45) is 2.56. The number of nitrogens with one attached hydrogen (secondary N) is 1. The van der Waals surface area contributed by atoms with E-state index in [4.69, 9.17) is 4.74 Å². The highest BCUT2D eigenvalue weighted by Crippen LogP contribution is 2.30. The smallest absolute Gasteiger partial charge is 0.120 e. The lowest BCUT2D eigenvalue weighted by Crippen LogP contribution is -2.35. The molecule has 4 nitrogen and oxygen atoms in total. The van der Waals surface area contributed by atoms with Crippen LogP contribution in [0.25, 0.3) is 10.9 Å². The van der Waals surface area contributed by atoms with E-state index < -0.39 is 6.10 Å². The van der Waals surface area contributed by atoms with Crippen LogP contribution in [-0.4, -0.2) is 28.9 Å². The van der Waals surface area contributed by atoms with Gasteiger partial charge in [0.05, 0.1) is 12.1 Å². The summed E-state index contributed by atoms with van der Waals surface area (Å²) >= 11 is 0. The summed E-state index contributed by atoms with van der Waals surface area (Å²) in [5.74, 6) is 0.843. The molecule has 0 spiro atoms. The molecule has 0 fully saturated rings. The van der Waals surface area contributed by atoms with Crippen LogP contribution >= 0.6 is 0 Å². The fourth-order valence-electron chi connectivity index (χ4n) is 3.97. The average molecular weight is 415 g/mol. The van der Waals surface area contributed by atoms with Crippen molar-refractivity contribution in [3.05, 3.63) is 102 Å². The fourth-order valence-corrected chi connectivity index (χ4v) is 3.97.